The minimum Gasteiger partial charge on any atom is -0.504 e. The van der Waals surface area contributed by atoms with E-state index in [9.17, 15) is 14.6 Å². The summed E-state index contributed by atoms with van der Waals surface area (Å²) in [6.45, 7) is -0.108. The molecule has 0 aliphatic carbocycles. The van der Waals surface area contributed by atoms with Crippen LogP contribution in [0.1, 0.15) is 11.7 Å². The number of rotatable bonds is 3. The van der Waals surface area contributed by atoms with Crippen LogP contribution in [0.15, 0.2) is 12.1 Å². The van der Waals surface area contributed by atoms with Gasteiger partial charge in [-0.05, 0) is 6.07 Å². The van der Waals surface area contributed by atoms with Crippen LogP contribution in [0.2, 0.25) is 0 Å². The van der Waals surface area contributed by atoms with Gasteiger partial charge in [-0.1, -0.05) is 0 Å². The number of aliphatic hydroxyl groups is 1. The van der Waals surface area contributed by atoms with Gasteiger partial charge in [0.05, 0.1) is 13.2 Å². The van der Waals surface area contributed by atoms with Gasteiger partial charge < -0.3 is 20.7 Å². The van der Waals surface area contributed by atoms with Gasteiger partial charge in [-0.2, -0.15) is 0 Å². The van der Waals surface area contributed by atoms with Gasteiger partial charge in [0.15, 0.2) is 11.5 Å². The van der Waals surface area contributed by atoms with Crippen molar-refractivity contribution in [3.63, 3.8) is 0 Å². The average molecular weight is 201 g/mol. The normalized spacial score (nSPS) is 12.6. The highest BCUT2D eigenvalue weighted by molar-refractivity contribution is 5.43. The topological polar surface area (TPSA) is 75.7 Å². The number of nitrogens with two attached hydrogens (primary N) is 1. The van der Waals surface area contributed by atoms with E-state index < -0.39 is 11.9 Å². The minimum atomic E-state index is -1.12. The van der Waals surface area contributed by atoms with Crippen molar-refractivity contribution in [1.29, 1.82) is 0 Å². The number of hydrogen-bond acceptors (Lipinski definition) is 4. The van der Waals surface area contributed by atoms with E-state index in [0.717, 1.165) is 12.1 Å². The lowest BCUT2D eigenvalue weighted by Gasteiger charge is -2.11. The minimum absolute atomic E-state index is 0.0236. The van der Waals surface area contributed by atoms with Crippen molar-refractivity contribution < 1.29 is 19.3 Å². The predicted molar refractivity (Wildman–Crippen MR) is 48.6 cm³/mol. The van der Waals surface area contributed by atoms with Crippen molar-refractivity contribution in [3.8, 4) is 11.5 Å². The fraction of sp³-hybridized carbons (Fsp3) is 0.333. The maximum Gasteiger partial charge on any atom is 0.163 e. The zero-order valence-corrected chi connectivity index (χ0v) is 7.70. The van der Waals surface area contributed by atoms with Crippen molar-refractivity contribution in [2.75, 3.05) is 13.7 Å². The van der Waals surface area contributed by atoms with Crippen molar-refractivity contribution in [3.05, 3.63) is 23.5 Å². The third kappa shape index (κ3) is 1.94. The molecule has 4 N–H and O–H groups in total. The van der Waals surface area contributed by atoms with Crippen LogP contribution in [-0.2, 0) is 0 Å². The molecule has 0 spiro atoms. The first kappa shape index (κ1) is 10.7. The maximum atomic E-state index is 13.2. The molecule has 5 heteroatoms. The third-order valence-electron chi connectivity index (χ3n) is 1.88. The lowest BCUT2D eigenvalue weighted by Crippen LogP contribution is -2.13. The van der Waals surface area contributed by atoms with Gasteiger partial charge in [0.2, 0.25) is 0 Å². The van der Waals surface area contributed by atoms with Crippen LogP contribution in [-0.4, -0.2) is 23.9 Å². The van der Waals surface area contributed by atoms with Gasteiger partial charge >= 0.3 is 0 Å². The van der Waals surface area contributed by atoms with Gasteiger partial charge in [-0.3, -0.25) is 0 Å². The van der Waals surface area contributed by atoms with Gasteiger partial charge in [0.1, 0.15) is 5.82 Å². The molecule has 78 valence electrons. The van der Waals surface area contributed by atoms with Gasteiger partial charge in [-0.15, -0.1) is 0 Å². The zero-order chi connectivity index (χ0) is 10.7. The molecular formula is C9H12FNO3. The van der Waals surface area contributed by atoms with E-state index in [1.807, 2.05) is 0 Å². The molecule has 0 saturated heterocycles. The Balaban J connectivity index is 3.14. The van der Waals surface area contributed by atoms with Crippen molar-refractivity contribution in [2.24, 2.45) is 5.73 Å². The van der Waals surface area contributed by atoms with E-state index in [-0.39, 0.29) is 23.6 Å². The summed E-state index contributed by atoms with van der Waals surface area (Å²) in [6, 6.07) is 2.11. The molecule has 0 saturated carbocycles. The SMILES string of the molecule is COc1cc(F)c(C(O)CN)cc1O. The average Bonchev–Trinajstić information content (AvgIpc) is 2.19. The van der Waals surface area contributed by atoms with Crippen LogP contribution in [0.25, 0.3) is 0 Å². The van der Waals surface area contributed by atoms with Crippen LogP contribution in [0, 0.1) is 5.82 Å². The first-order valence-corrected chi connectivity index (χ1v) is 4.04. The molecule has 1 aromatic carbocycles. The molecule has 0 amide bonds. The Hall–Kier alpha value is -1.33. The molecule has 0 heterocycles. The fourth-order valence-corrected chi connectivity index (χ4v) is 1.11. The maximum absolute atomic E-state index is 13.2. The highest BCUT2D eigenvalue weighted by atomic mass is 19.1. The molecule has 0 aromatic heterocycles. The van der Waals surface area contributed by atoms with Gasteiger partial charge in [0, 0.05) is 18.2 Å². The molecule has 1 atom stereocenters. The summed E-state index contributed by atoms with van der Waals surface area (Å²) < 4.78 is 17.9. The lowest BCUT2D eigenvalue weighted by molar-refractivity contribution is 0.181. The van der Waals surface area contributed by atoms with Crippen LogP contribution in [0.4, 0.5) is 4.39 Å². The van der Waals surface area contributed by atoms with Crippen LogP contribution < -0.4 is 10.5 Å². The van der Waals surface area contributed by atoms with E-state index in [2.05, 4.69) is 0 Å². The summed E-state index contributed by atoms with van der Waals surface area (Å²) in [5.74, 6) is -0.857. The highest BCUT2D eigenvalue weighted by Gasteiger charge is 2.15. The number of aliphatic hydroxyl groups excluding tert-OH is 1. The first-order valence-electron chi connectivity index (χ1n) is 4.04. The highest BCUT2D eigenvalue weighted by Crippen LogP contribution is 2.31. The monoisotopic (exact) mass is 201 g/mol. The second kappa shape index (κ2) is 4.26. The third-order valence-corrected chi connectivity index (χ3v) is 1.88. The molecule has 0 aliphatic heterocycles. The smallest absolute Gasteiger partial charge is 0.163 e. The van der Waals surface area contributed by atoms with E-state index in [4.69, 9.17) is 10.5 Å². The Bertz CT molecular complexity index is 330. The van der Waals surface area contributed by atoms with E-state index in [1.165, 1.54) is 7.11 Å². The summed E-state index contributed by atoms with van der Waals surface area (Å²) in [7, 11) is 1.31. The van der Waals surface area contributed by atoms with Crippen molar-refractivity contribution in [1.82, 2.24) is 0 Å². The summed E-state index contributed by atoms with van der Waals surface area (Å²) >= 11 is 0. The lowest BCUT2D eigenvalue weighted by atomic mass is 10.1. The van der Waals surface area contributed by atoms with Crippen molar-refractivity contribution >= 4 is 0 Å². The molecule has 4 nitrogen and oxygen atoms in total. The molecule has 1 aromatic rings. The fourth-order valence-electron chi connectivity index (χ4n) is 1.11. The largest absolute Gasteiger partial charge is 0.504 e. The Morgan fingerprint density at radius 2 is 2.21 bits per heavy atom. The summed E-state index contributed by atoms with van der Waals surface area (Å²) in [5, 5.41) is 18.6. The van der Waals surface area contributed by atoms with Gasteiger partial charge in [0.25, 0.3) is 0 Å². The molecule has 0 fully saturated rings. The number of benzene rings is 1. The number of aromatic hydroxyl groups is 1. The quantitative estimate of drug-likeness (QED) is 0.666. The summed E-state index contributed by atoms with van der Waals surface area (Å²) in [5.41, 5.74) is 5.13. The predicted octanol–water partition coefficient (Wildman–Crippen LogP) is 0.532. The first-order chi connectivity index (χ1) is 6.60. The number of ether oxygens (including phenoxy) is 1. The molecule has 0 radical (unpaired) electrons. The second-order valence-electron chi connectivity index (χ2n) is 2.80. The zero-order valence-electron chi connectivity index (χ0n) is 7.70. The number of phenolic OH excluding ortho intramolecular Hbond substituents is 1. The standard InChI is InChI=1S/C9H12FNO3/c1-14-9-3-6(10)5(2-7(9)12)8(13)4-11/h2-3,8,12-13H,4,11H2,1H3. The number of halogens is 1. The Labute approximate surface area is 80.7 Å². The Morgan fingerprint density at radius 1 is 1.57 bits per heavy atom. The van der Waals surface area contributed by atoms with Crippen molar-refractivity contribution in [2.45, 2.75) is 6.10 Å². The number of phenols is 1. The van der Waals surface area contributed by atoms with Gasteiger partial charge in [-0.25, -0.2) is 4.39 Å². The molecule has 0 bridgehead atoms. The molecular weight excluding hydrogens is 189 g/mol. The van der Waals surface area contributed by atoms with E-state index in [0.29, 0.717) is 0 Å². The van der Waals surface area contributed by atoms with E-state index in [1.54, 1.807) is 0 Å². The van der Waals surface area contributed by atoms with Crippen LogP contribution in [0.5, 0.6) is 11.5 Å². The Kier molecular flexibility index (Phi) is 3.27. The molecule has 0 aliphatic rings. The van der Waals surface area contributed by atoms with E-state index >= 15 is 0 Å². The summed E-state index contributed by atoms with van der Waals surface area (Å²) in [6.07, 6.45) is -1.12. The van der Waals surface area contributed by atoms with Crippen LogP contribution >= 0.6 is 0 Å². The molecule has 1 rings (SSSR count). The number of hydrogen-bond donors (Lipinski definition) is 3. The molecule has 14 heavy (non-hydrogen) atoms. The molecule has 1 unspecified atom stereocenters. The second-order valence-corrected chi connectivity index (χ2v) is 2.80. The number of methoxy groups -OCH3 is 1. The summed E-state index contributed by atoms with van der Waals surface area (Å²) in [4.78, 5) is 0. The van der Waals surface area contributed by atoms with Crippen LogP contribution in [0.3, 0.4) is 0 Å². The Morgan fingerprint density at radius 3 is 2.71 bits per heavy atom.